The first-order chi connectivity index (χ1) is 13.8. The minimum Gasteiger partial charge on any atom is -0.373 e. The van der Waals surface area contributed by atoms with Gasteiger partial charge in [0.1, 0.15) is 0 Å². The van der Waals surface area contributed by atoms with Crippen molar-refractivity contribution in [2.45, 2.75) is 18.9 Å². The number of guanidine groups is 1. The van der Waals surface area contributed by atoms with E-state index in [1.807, 2.05) is 12.1 Å². The van der Waals surface area contributed by atoms with Crippen LogP contribution in [0.15, 0.2) is 53.8 Å². The summed E-state index contributed by atoms with van der Waals surface area (Å²) in [6, 6.07) is 12.3. The van der Waals surface area contributed by atoms with Crippen LogP contribution in [0.3, 0.4) is 0 Å². The molecule has 0 aliphatic carbocycles. The van der Waals surface area contributed by atoms with Crippen molar-refractivity contribution in [2.24, 2.45) is 16.6 Å². The molecule has 7 nitrogen and oxygen atoms in total. The van der Waals surface area contributed by atoms with E-state index < -0.39 is 0 Å². The highest BCUT2D eigenvalue weighted by Gasteiger charge is 2.27. The zero-order valence-corrected chi connectivity index (χ0v) is 16.2. The minimum atomic E-state index is 0.110. The fourth-order valence-corrected chi connectivity index (χ4v) is 3.94. The highest BCUT2D eigenvalue weighted by atomic mass is 16.5. The van der Waals surface area contributed by atoms with Crippen LogP contribution in [0.1, 0.15) is 24.5 Å². The second-order valence-corrected chi connectivity index (χ2v) is 7.33. The molecular formula is C21H28N6O. The number of aromatic nitrogens is 2. The molecule has 2 fully saturated rings. The molecule has 148 valence electrons. The summed E-state index contributed by atoms with van der Waals surface area (Å²) in [5.41, 5.74) is 7.55. The van der Waals surface area contributed by atoms with E-state index in [1.165, 1.54) is 5.56 Å². The molecule has 0 bridgehead atoms. The van der Waals surface area contributed by atoms with E-state index in [9.17, 15) is 0 Å². The zero-order chi connectivity index (χ0) is 19.2. The number of hydrogen-bond acceptors (Lipinski definition) is 5. The Bertz CT molecular complexity index is 761. The van der Waals surface area contributed by atoms with Gasteiger partial charge in [-0.3, -0.25) is 4.99 Å². The molecule has 1 aromatic carbocycles. The predicted octanol–water partition coefficient (Wildman–Crippen LogP) is 2.08. The number of benzene rings is 1. The monoisotopic (exact) mass is 380 g/mol. The van der Waals surface area contributed by atoms with Gasteiger partial charge in [-0.2, -0.15) is 0 Å². The molecule has 0 saturated carbocycles. The first-order valence-electron chi connectivity index (χ1n) is 10.0. The standard InChI is InChI=1S/C21H28N6O/c22-20(26-11-13-27(14-12-26)21-23-9-5-10-24-21)25-16-18-8-4-15-28-19(18)17-6-2-1-3-7-17/h1-3,5-7,9-10,18-19H,4,8,11-16H2,(H2,22,25). The smallest absolute Gasteiger partial charge is 0.225 e. The average molecular weight is 380 g/mol. The van der Waals surface area contributed by atoms with Crippen molar-refractivity contribution in [1.82, 2.24) is 14.9 Å². The summed E-state index contributed by atoms with van der Waals surface area (Å²) in [6.45, 7) is 4.87. The number of rotatable bonds is 4. The van der Waals surface area contributed by atoms with Crippen LogP contribution in [0.25, 0.3) is 0 Å². The molecule has 2 aliphatic heterocycles. The molecule has 0 radical (unpaired) electrons. The Morgan fingerprint density at radius 3 is 2.57 bits per heavy atom. The second-order valence-electron chi connectivity index (χ2n) is 7.33. The van der Waals surface area contributed by atoms with Gasteiger partial charge >= 0.3 is 0 Å². The summed E-state index contributed by atoms with van der Waals surface area (Å²) < 4.78 is 6.07. The number of hydrogen-bond donors (Lipinski definition) is 1. The number of anilines is 1. The van der Waals surface area contributed by atoms with E-state index in [-0.39, 0.29) is 6.10 Å². The largest absolute Gasteiger partial charge is 0.373 e. The molecule has 3 heterocycles. The summed E-state index contributed by atoms with van der Waals surface area (Å²) in [6.07, 6.45) is 5.87. The van der Waals surface area contributed by atoms with E-state index >= 15 is 0 Å². The lowest BCUT2D eigenvalue weighted by atomic mass is 9.89. The normalized spacial score (nSPS) is 23.6. The average Bonchev–Trinajstić information content (AvgIpc) is 2.79. The molecule has 0 amide bonds. The third-order valence-corrected chi connectivity index (χ3v) is 5.50. The van der Waals surface area contributed by atoms with Crippen molar-refractivity contribution in [2.75, 3.05) is 44.2 Å². The molecule has 28 heavy (non-hydrogen) atoms. The molecule has 2 aliphatic rings. The minimum absolute atomic E-state index is 0.110. The fourth-order valence-electron chi connectivity index (χ4n) is 3.94. The van der Waals surface area contributed by atoms with E-state index in [1.54, 1.807) is 12.4 Å². The highest BCUT2D eigenvalue weighted by Crippen LogP contribution is 2.33. The summed E-state index contributed by atoms with van der Waals surface area (Å²) >= 11 is 0. The van der Waals surface area contributed by atoms with Gasteiger partial charge in [0, 0.05) is 57.6 Å². The van der Waals surface area contributed by atoms with Gasteiger partial charge in [-0.25, -0.2) is 9.97 Å². The highest BCUT2D eigenvalue weighted by molar-refractivity contribution is 5.78. The first kappa shape index (κ1) is 18.7. The maximum absolute atomic E-state index is 6.32. The number of piperazine rings is 1. The molecule has 1 aromatic heterocycles. The van der Waals surface area contributed by atoms with E-state index in [4.69, 9.17) is 15.5 Å². The van der Waals surface area contributed by atoms with Crippen LogP contribution < -0.4 is 10.6 Å². The zero-order valence-electron chi connectivity index (χ0n) is 16.2. The lowest BCUT2D eigenvalue weighted by molar-refractivity contribution is -0.0250. The number of aliphatic imine (C=N–C) groups is 1. The molecule has 2 saturated heterocycles. The summed E-state index contributed by atoms with van der Waals surface area (Å²) in [5, 5.41) is 0. The van der Waals surface area contributed by atoms with Gasteiger partial charge in [-0.1, -0.05) is 30.3 Å². The van der Waals surface area contributed by atoms with Crippen LogP contribution in [0.2, 0.25) is 0 Å². The van der Waals surface area contributed by atoms with E-state index in [0.29, 0.717) is 18.4 Å². The Morgan fingerprint density at radius 2 is 1.82 bits per heavy atom. The molecule has 2 unspecified atom stereocenters. The molecule has 2 aromatic rings. The van der Waals surface area contributed by atoms with Gasteiger partial charge in [0.05, 0.1) is 6.10 Å². The van der Waals surface area contributed by atoms with Crippen LogP contribution in [-0.2, 0) is 4.74 Å². The van der Waals surface area contributed by atoms with Crippen molar-refractivity contribution < 1.29 is 4.74 Å². The number of nitrogens with two attached hydrogens (primary N) is 1. The number of nitrogens with zero attached hydrogens (tertiary/aromatic N) is 5. The van der Waals surface area contributed by atoms with Crippen LogP contribution in [0, 0.1) is 5.92 Å². The Hall–Kier alpha value is -2.67. The van der Waals surface area contributed by atoms with E-state index in [2.05, 4.69) is 44.0 Å². The molecule has 2 N–H and O–H groups in total. The number of ether oxygens (including phenoxy) is 1. The third kappa shape index (κ3) is 4.42. The van der Waals surface area contributed by atoms with Gasteiger partial charge in [0.15, 0.2) is 5.96 Å². The van der Waals surface area contributed by atoms with Crippen LogP contribution in [0.4, 0.5) is 5.95 Å². The van der Waals surface area contributed by atoms with Crippen molar-refractivity contribution in [3.63, 3.8) is 0 Å². The van der Waals surface area contributed by atoms with Gasteiger partial charge in [-0.05, 0) is 24.5 Å². The Morgan fingerprint density at radius 1 is 1.07 bits per heavy atom. The van der Waals surface area contributed by atoms with Gasteiger partial charge in [0.25, 0.3) is 0 Å². The van der Waals surface area contributed by atoms with E-state index in [0.717, 1.165) is 51.6 Å². The van der Waals surface area contributed by atoms with Crippen molar-refractivity contribution >= 4 is 11.9 Å². The fraction of sp³-hybridized carbons (Fsp3) is 0.476. The Kier molecular flexibility index (Phi) is 6.01. The van der Waals surface area contributed by atoms with Crippen LogP contribution in [-0.4, -0.2) is 60.2 Å². The lowest BCUT2D eigenvalue weighted by Crippen LogP contribution is -2.51. The summed E-state index contributed by atoms with van der Waals surface area (Å²) in [4.78, 5) is 17.7. The molecule has 4 rings (SSSR count). The summed E-state index contributed by atoms with van der Waals surface area (Å²) in [5.74, 6) is 1.78. The SMILES string of the molecule is NC(=NCC1CCCOC1c1ccccc1)N1CCN(c2ncccn2)CC1. The van der Waals surface area contributed by atoms with Crippen LogP contribution in [0.5, 0.6) is 0 Å². The molecular weight excluding hydrogens is 352 g/mol. The maximum Gasteiger partial charge on any atom is 0.225 e. The van der Waals surface area contributed by atoms with Crippen LogP contribution >= 0.6 is 0 Å². The topological polar surface area (TPSA) is 79.9 Å². The van der Waals surface area contributed by atoms with Gasteiger partial charge in [-0.15, -0.1) is 0 Å². The predicted molar refractivity (Wildman–Crippen MR) is 110 cm³/mol. The quantitative estimate of drug-likeness (QED) is 0.646. The molecule has 7 heteroatoms. The van der Waals surface area contributed by atoms with Crippen molar-refractivity contribution in [3.8, 4) is 0 Å². The first-order valence-corrected chi connectivity index (χ1v) is 10.0. The second kappa shape index (κ2) is 9.01. The Labute approximate surface area is 166 Å². The van der Waals surface area contributed by atoms with Crippen molar-refractivity contribution in [1.29, 1.82) is 0 Å². The van der Waals surface area contributed by atoms with Crippen molar-refractivity contribution in [3.05, 3.63) is 54.4 Å². The van der Waals surface area contributed by atoms with Gasteiger partial charge in [0.2, 0.25) is 5.95 Å². The molecule has 0 spiro atoms. The third-order valence-electron chi connectivity index (χ3n) is 5.50. The summed E-state index contributed by atoms with van der Waals surface area (Å²) in [7, 11) is 0. The maximum atomic E-state index is 6.32. The van der Waals surface area contributed by atoms with Gasteiger partial charge < -0.3 is 20.3 Å². The lowest BCUT2D eigenvalue weighted by Gasteiger charge is -2.35. The molecule has 2 atom stereocenters. The Balaban J connectivity index is 1.34.